The summed E-state index contributed by atoms with van der Waals surface area (Å²) in [6.45, 7) is 19.0. The number of aliphatic hydroxyl groups excluding tert-OH is 10. The topological polar surface area (TPSA) is 258 Å². The van der Waals surface area contributed by atoms with Gasteiger partial charge in [0, 0.05) is 0 Å². The van der Waals surface area contributed by atoms with E-state index in [9.17, 15) is 51.1 Å². The molecule has 5 saturated carbocycles. The van der Waals surface area contributed by atoms with Gasteiger partial charge in [0.2, 0.25) is 0 Å². The van der Waals surface area contributed by atoms with Gasteiger partial charge in [0.15, 0.2) is 18.9 Å². The third-order valence-electron chi connectivity index (χ3n) is 19.8. The minimum atomic E-state index is -1.66. The molecule has 8 rings (SSSR count). The lowest BCUT2D eigenvalue weighted by molar-refractivity contribution is -0.368. The molecular formula is C47H80O16. The molecule has 0 amide bonds. The van der Waals surface area contributed by atoms with Crippen molar-refractivity contribution in [1.29, 1.82) is 0 Å². The summed E-state index contributed by atoms with van der Waals surface area (Å²) in [4.78, 5) is 0. The summed E-state index contributed by atoms with van der Waals surface area (Å²) in [5.74, 6) is 0.868. The molecule has 10 N–H and O–H groups in total. The van der Waals surface area contributed by atoms with Crippen LogP contribution in [0.3, 0.4) is 0 Å². The van der Waals surface area contributed by atoms with Crippen LogP contribution in [0.1, 0.15) is 120 Å². The van der Waals surface area contributed by atoms with Crippen molar-refractivity contribution in [3.8, 4) is 0 Å². The first-order chi connectivity index (χ1) is 29.3. The van der Waals surface area contributed by atoms with E-state index in [2.05, 4.69) is 41.5 Å². The van der Waals surface area contributed by atoms with Gasteiger partial charge < -0.3 is 79.5 Å². The molecule has 16 heteroatoms. The standard InChI is InChI=1S/C47H80O16/c1-21-31(51)33(53)36(56)40(59-21)62-38-25(19-48)60-41(37(57)34(38)54)63-43(4,5)22-12-15-45(7)28-11-10-27-44(6)16-14-29(61-39-35(55)32(52)24(50)20-58-39)42(2,3)26(44)13-17-46(27,8)47(28,9)18-23(49)30(22)45/h21-41,48-57H,10-20H2,1-9H3/t21-,22+,23?,24-,25+,26+,27+,28+,29?,30+,31-,32-,33+,34+,35+,36+,37+,38+,39+,40-,41-,44-,45+,46+,47+/m0/s1. The summed E-state index contributed by atoms with van der Waals surface area (Å²) in [6, 6.07) is 0. The number of ether oxygens (including phenoxy) is 6. The Morgan fingerprint density at radius 1 is 0.587 bits per heavy atom. The first kappa shape index (κ1) is 48.8. The molecule has 0 aromatic carbocycles. The first-order valence-electron chi connectivity index (χ1n) is 23.9. The number of aliphatic hydroxyl groups is 10. The van der Waals surface area contributed by atoms with Gasteiger partial charge in [-0.2, -0.15) is 0 Å². The molecular weight excluding hydrogens is 821 g/mol. The maximum atomic E-state index is 12.6. The van der Waals surface area contributed by atoms with E-state index < -0.39 is 104 Å². The Labute approximate surface area is 372 Å². The van der Waals surface area contributed by atoms with Crippen LogP contribution < -0.4 is 0 Å². The number of fused-ring (bicyclic) bond motifs is 7. The fourth-order valence-electron chi connectivity index (χ4n) is 16.4. The van der Waals surface area contributed by atoms with Crippen molar-refractivity contribution in [2.75, 3.05) is 13.2 Å². The van der Waals surface area contributed by atoms with Gasteiger partial charge in [-0.05, 0) is 135 Å². The van der Waals surface area contributed by atoms with Gasteiger partial charge >= 0.3 is 0 Å². The second-order valence-electron chi connectivity index (χ2n) is 23.5. The second kappa shape index (κ2) is 16.8. The minimum Gasteiger partial charge on any atom is -0.394 e. The van der Waals surface area contributed by atoms with Crippen molar-refractivity contribution in [3.63, 3.8) is 0 Å². The maximum absolute atomic E-state index is 12.6. The zero-order valence-electron chi connectivity index (χ0n) is 38.8. The monoisotopic (exact) mass is 901 g/mol. The fraction of sp³-hybridized carbons (Fsp3) is 1.00. The van der Waals surface area contributed by atoms with E-state index in [1.165, 1.54) is 6.92 Å². The Hall–Kier alpha value is -0.640. The summed E-state index contributed by atoms with van der Waals surface area (Å²) in [6.07, 6.45) is -11.6. The Morgan fingerprint density at radius 2 is 1.21 bits per heavy atom. The summed E-state index contributed by atoms with van der Waals surface area (Å²) < 4.78 is 36.3. The predicted octanol–water partition coefficient (Wildman–Crippen LogP) is 1.33. The SMILES string of the molecule is C[C@@H]1O[C@@H](O[C@H]2[C@H](O)[C@@H](O)[C@H](OC(C)(C)[C@@H]3CC[C@]4(C)[C@H]5CC[C@@H]6[C@@]7(C)CCC(O[C@H]8OC[C@H](O)[C@H](O)[C@H]8O)C(C)(C)[C@H]7CC[C@@]6(C)[C@]5(C)CC(O)[C@@H]34)O[C@@H]2CO)[C@H](O)[C@H](O)[C@H]1O. The average Bonchev–Trinajstić information content (AvgIpc) is 3.59. The molecule has 8 fully saturated rings. The van der Waals surface area contributed by atoms with Crippen molar-refractivity contribution >= 4 is 0 Å². The van der Waals surface area contributed by atoms with Crippen molar-refractivity contribution < 1.29 is 79.5 Å². The average molecular weight is 901 g/mol. The molecule has 3 heterocycles. The summed E-state index contributed by atoms with van der Waals surface area (Å²) in [5, 5.41) is 108. The molecule has 3 saturated heterocycles. The Kier molecular flexibility index (Phi) is 13.0. The summed E-state index contributed by atoms with van der Waals surface area (Å²) >= 11 is 0. The van der Waals surface area contributed by atoms with Gasteiger partial charge in [-0.15, -0.1) is 0 Å². The summed E-state index contributed by atoms with van der Waals surface area (Å²) in [7, 11) is 0. The van der Waals surface area contributed by atoms with Crippen LogP contribution >= 0.6 is 0 Å². The lowest BCUT2D eigenvalue weighted by atomic mass is 9.31. The fourth-order valence-corrected chi connectivity index (χ4v) is 16.4. The normalized spacial score (nSPS) is 57.1. The van der Waals surface area contributed by atoms with Crippen LogP contribution in [0.5, 0.6) is 0 Å². The van der Waals surface area contributed by atoms with Crippen LogP contribution in [0.25, 0.3) is 0 Å². The van der Waals surface area contributed by atoms with Gasteiger partial charge in [-0.25, -0.2) is 0 Å². The third-order valence-corrected chi connectivity index (χ3v) is 19.8. The molecule has 25 atom stereocenters. The van der Waals surface area contributed by atoms with Crippen molar-refractivity contribution in [1.82, 2.24) is 0 Å². The maximum Gasteiger partial charge on any atom is 0.187 e. The molecule has 0 radical (unpaired) electrons. The van der Waals surface area contributed by atoms with Crippen molar-refractivity contribution in [2.45, 2.75) is 224 Å². The first-order valence-corrected chi connectivity index (χ1v) is 23.9. The lowest BCUT2D eigenvalue weighted by Gasteiger charge is -2.74. The highest BCUT2D eigenvalue weighted by molar-refractivity contribution is 5.21. The molecule has 0 aromatic heterocycles. The Bertz CT molecular complexity index is 1630. The highest BCUT2D eigenvalue weighted by atomic mass is 16.7. The second-order valence-corrected chi connectivity index (χ2v) is 23.5. The molecule has 3 aliphatic heterocycles. The van der Waals surface area contributed by atoms with Crippen LogP contribution in [-0.2, 0) is 28.4 Å². The van der Waals surface area contributed by atoms with Crippen LogP contribution in [0.15, 0.2) is 0 Å². The molecule has 2 unspecified atom stereocenters. The Balaban J connectivity index is 0.966. The largest absolute Gasteiger partial charge is 0.394 e. The van der Waals surface area contributed by atoms with E-state index in [4.69, 9.17) is 28.4 Å². The van der Waals surface area contributed by atoms with Gasteiger partial charge in [-0.3, -0.25) is 0 Å². The zero-order chi connectivity index (χ0) is 46.1. The van der Waals surface area contributed by atoms with Crippen molar-refractivity contribution in [2.24, 2.45) is 56.7 Å². The van der Waals surface area contributed by atoms with Crippen LogP contribution in [-0.4, -0.2) is 168 Å². The van der Waals surface area contributed by atoms with Crippen molar-refractivity contribution in [3.05, 3.63) is 0 Å². The van der Waals surface area contributed by atoms with E-state index in [0.29, 0.717) is 24.2 Å². The van der Waals surface area contributed by atoms with Gasteiger partial charge in [-0.1, -0.05) is 41.5 Å². The van der Waals surface area contributed by atoms with E-state index in [1.54, 1.807) is 0 Å². The van der Waals surface area contributed by atoms with E-state index in [1.807, 2.05) is 13.8 Å². The predicted molar refractivity (Wildman–Crippen MR) is 224 cm³/mol. The van der Waals surface area contributed by atoms with E-state index in [-0.39, 0.29) is 51.6 Å². The molecule has 0 aromatic rings. The van der Waals surface area contributed by atoms with Gasteiger partial charge in [0.05, 0.1) is 37.1 Å². The quantitative estimate of drug-likeness (QED) is 0.154. The molecule has 8 aliphatic rings. The molecule has 63 heavy (non-hydrogen) atoms. The van der Waals surface area contributed by atoms with Gasteiger partial charge in [0.25, 0.3) is 0 Å². The van der Waals surface area contributed by atoms with E-state index >= 15 is 0 Å². The van der Waals surface area contributed by atoms with Crippen LogP contribution in [0.2, 0.25) is 0 Å². The van der Waals surface area contributed by atoms with Crippen LogP contribution in [0, 0.1) is 56.7 Å². The lowest BCUT2D eigenvalue weighted by Crippen LogP contribution is -2.69. The Morgan fingerprint density at radius 3 is 1.87 bits per heavy atom. The number of hydrogen-bond donors (Lipinski definition) is 10. The number of hydrogen-bond acceptors (Lipinski definition) is 16. The molecule has 16 nitrogen and oxygen atoms in total. The van der Waals surface area contributed by atoms with Gasteiger partial charge in [0.1, 0.15) is 61.0 Å². The number of rotatable bonds is 8. The molecule has 0 bridgehead atoms. The van der Waals surface area contributed by atoms with Crippen LogP contribution in [0.4, 0.5) is 0 Å². The third kappa shape index (κ3) is 7.45. The molecule has 364 valence electrons. The highest BCUT2D eigenvalue weighted by Gasteiger charge is 2.73. The highest BCUT2D eigenvalue weighted by Crippen LogP contribution is 2.78. The zero-order valence-corrected chi connectivity index (χ0v) is 38.8. The summed E-state index contributed by atoms with van der Waals surface area (Å²) in [5.41, 5.74) is -1.59. The smallest absolute Gasteiger partial charge is 0.187 e. The minimum absolute atomic E-state index is 0.0100. The molecule has 0 spiro atoms. The molecule has 5 aliphatic carbocycles. The van der Waals surface area contributed by atoms with E-state index in [0.717, 1.165) is 51.4 Å².